The Kier molecular flexibility index (Phi) is 7.14. The molecule has 2 aliphatic heterocycles. The van der Waals surface area contributed by atoms with Gasteiger partial charge in [0.05, 0.1) is 17.8 Å². The van der Waals surface area contributed by atoms with Crippen molar-refractivity contribution in [2.24, 2.45) is 0 Å². The van der Waals surface area contributed by atoms with Gasteiger partial charge < -0.3 is 14.4 Å². The normalized spacial score (nSPS) is 15.2. The minimum atomic E-state index is 0. The first-order valence-corrected chi connectivity index (χ1v) is 11.2. The summed E-state index contributed by atoms with van der Waals surface area (Å²) in [4.78, 5) is 4.93. The smallest absolute Gasteiger partial charge is 0.169 e. The minimum Gasteiger partial charge on any atom is -0.493 e. The number of nitrogens with zero attached hydrogens (tertiary/aromatic N) is 2. The second-order valence-corrected chi connectivity index (χ2v) is 8.51. The molecular formula is C26H28Cl2N2O2. The number of anilines is 1. The summed E-state index contributed by atoms with van der Waals surface area (Å²) in [5, 5.41) is 0.833. The summed E-state index contributed by atoms with van der Waals surface area (Å²) in [6, 6.07) is 20.9. The van der Waals surface area contributed by atoms with Crippen LogP contribution in [0.4, 0.5) is 5.69 Å². The summed E-state index contributed by atoms with van der Waals surface area (Å²) in [6.07, 6.45) is 0.982. The molecule has 0 radical (unpaired) electrons. The van der Waals surface area contributed by atoms with Crippen LogP contribution in [0.2, 0.25) is 5.02 Å². The van der Waals surface area contributed by atoms with E-state index in [1.165, 1.54) is 22.3 Å². The lowest BCUT2D eigenvalue weighted by atomic mass is 9.91. The molecule has 0 saturated carbocycles. The molecule has 0 aliphatic carbocycles. The number of piperazine rings is 1. The first kappa shape index (κ1) is 22.8. The third-order valence-corrected chi connectivity index (χ3v) is 6.67. The lowest BCUT2D eigenvalue weighted by Gasteiger charge is -2.36. The van der Waals surface area contributed by atoms with Crippen LogP contribution in [0.25, 0.3) is 11.1 Å². The molecule has 3 aromatic rings. The average Bonchev–Trinajstić information content (AvgIpc) is 2.83. The van der Waals surface area contributed by atoms with Crippen molar-refractivity contribution in [1.29, 1.82) is 0 Å². The molecule has 0 bridgehead atoms. The van der Waals surface area contributed by atoms with Gasteiger partial charge in [-0.1, -0.05) is 54.1 Å². The Balaban J connectivity index is 0.00000245. The van der Waals surface area contributed by atoms with E-state index >= 15 is 0 Å². The van der Waals surface area contributed by atoms with Crippen molar-refractivity contribution in [1.82, 2.24) is 4.90 Å². The quantitative estimate of drug-likeness (QED) is 0.477. The number of halogens is 2. The average molecular weight is 471 g/mol. The highest BCUT2D eigenvalue weighted by molar-refractivity contribution is 6.33. The van der Waals surface area contributed by atoms with Crippen LogP contribution in [0.5, 0.6) is 11.5 Å². The monoisotopic (exact) mass is 470 g/mol. The maximum Gasteiger partial charge on any atom is 0.169 e. The zero-order valence-corrected chi connectivity index (χ0v) is 19.8. The van der Waals surface area contributed by atoms with Gasteiger partial charge in [-0.15, -0.1) is 12.4 Å². The lowest BCUT2D eigenvalue weighted by Crippen LogP contribution is -2.47. The van der Waals surface area contributed by atoms with Crippen LogP contribution >= 0.6 is 24.0 Å². The molecule has 0 unspecified atom stereocenters. The molecule has 6 heteroatoms. The molecule has 4 nitrogen and oxygen atoms in total. The largest absolute Gasteiger partial charge is 0.493 e. The number of rotatable bonds is 5. The summed E-state index contributed by atoms with van der Waals surface area (Å²) in [7, 11) is 1.71. The van der Waals surface area contributed by atoms with Gasteiger partial charge in [0, 0.05) is 38.3 Å². The SMILES string of the molecule is COc1ccc(CCN2CCN(c3ccccc3Cl)CC2)c2c1OCc1ccccc1-2.Cl. The van der Waals surface area contributed by atoms with E-state index in [1.807, 2.05) is 18.2 Å². The zero-order chi connectivity index (χ0) is 21.2. The molecular weight excluding hydrogens is 443 g/mol. The van der Waals surface area contributed by atoms with Crippen LogP contribution < -0.4 is 14.4 Å². The predicted molar refractivity (Wildman–Crippen MR) is 134 cm³/mol. The van der Waals surface area contributed by atoms with Crippen LogP contribution in [0.1, 0.15) is 11.1 Å². The Bertz CT molecular complexity index is 1080. The van der Waals surface area contributed by atoms with Crippen molar-refractivity contribution in [3.8, 4) is 22.6 Å². The molecule has 2 aliphatic rings. The maximum atomic E-state index is 6.39. The summed E-state index contributed by atoms with van der Waals surface area (Å²) < 4.78 is 11.7. The number of hydrogen-bond donors (Lipinski definition) is 0. The standard InChI is InChI=1S/C26H27ClN2O2.ClH/c1-30-24-11-10-19(25-21-7-3-2-6-20(21)18-31-26(24)25)12-13-28-14-16-29(17-15-28)23-9-5-4-8-22(23)27;/h2-11H,12-18H2,1H3;1H. The number of fused-ring (bicyclic) bond motifs is 3. The van der Waals surface area contributed by atoms with Crippen LogP contribution in [-0.2, 0) is 13.0 Å². The van der Waals surface area contributed by atoms with Crippen molar-refractivity contribution in [2.75, 3.05) is 44.7 Å². The molecule has 0 aromatic heterocycles. The van der Waals surface area contributed by atoms with E-state index in [0.717, 1.165) is 61.4 Å². The van der Waals surface area contributed by atoms with Gasteiger partial charge in [-0.25, -0.2) is 0 Å². The molecule has 1 fully saturated rings. The van der Waals surface area contributed by atoms with Gasteiger partial charge >= 0.3 is 0 Å². The fourth-order valence-corrected chi connectivity index (χ4v) is 4.91. The number of hydrogen-bond acceptors (Lipinski definition) is 4. The molecule has 0 atom stereocenters. The highest BCUT2D eigenvalue weighted by Crippen LogP contribution is 2.45. The van der Waals surface area contributed by atoms with Crippen molar-refractivity contribution in [3.05, 3.63) is 76.8 Å². The molecule has 0 N–H and O–H groups in total. The van der Waals surface area contributed by atoms with Crippen molar-refractivity contribution in [3.63, 3.8) is 0 Å². The lowest BCUT2D eigenvalue weighted by molar-refractivity contribution is 0.260. The highest BCUT2D eigenvalue weighted by Gasteiger charge is 2.25. The van der Waals surface area contributed by atoms with E-state index in [9.17, 15) is 0 Å². The van der Waals surface area contributed by atoms with Crippen molar-refractivity contribution in [2.45, 2.75) is 13.0 Å². The molecule has 0 amide bonds. The highest BCUT2D eigenvalue weighted by atomic mass is 35.5. The van der Waals surface area contributed by atoms with Crippen LogP contribution in [-0.4, -0.2) is 44.7 Å². The molecule has 32 heavy (non-hydrogen) atoms. The topological polar surface area (TPSA) is 24.9 Å². The Labute approximate surface area is 201 Å². The van der Waals surface area contributed by atoms with Gasteiger partial charge in [-0.05, 0) is 41.3 Å². The van der Waals surface area contributed by atoms with E-state index in [2.05, 4.69) is 52.3 Å². The van der Waals surface area contributed by atoms with Crippen molar-refractivity contribution < 1.29 is 9.47 Å². The van der Waals surface area contributed by atoms with E-state index in [-0.39, 0.29) is 12.4 Å². The number of ether oxygens (including phenoxy) is 2. The Morgan fingerprint density at radius 3 is 2.47 bits per heavy atom. The summed E-state index contributed by atoms with van der Waals surface area (Å²) in [5.74, 6) is 1.68. The van der Waals surface area contributed by atoms with Gasteiger partial charge in [0.15, 0.2) is 11.5 Å². The third kappa shape index (κ3) is 4.40. The maximum absolute atomic E-state index is 6.39. The zero-order valence-electron chi connectivity index (χ0n) is 18.2. The van der Waals surface area contributed by atoms with Crippen molar-refractivity contribution >= 4 is 29.7 Å². The second kappa shape index (κ2) is 10.0. The second-order valence-electron chi connectivity index (χ2n) is 8.11. The molecule has 1 saturated heterocycles. The van der Waals surface area contributed by atoms with Gasteiger partial charge in [-0.2, -0.15) is 0 Å². The first-order chi connectivity index (χ1) is 15.2. The fraction of sp³-hybridized carbons (Fsp3) is 0.308. The summed E-state index contributed by atoms with van der Waals surface area (Å²) >= 11 is 6.39. The van der Waals surface area contributed by atoms with Gasteiger partial charge in [0.2, 0.25) is 0 Å². The number of methoxy groups -OCH3 is 1. The van der Waals surface area contributed by atoms with Gasteiger partial charge in [0.25, 0.3) is 0 Å². The van der Waals surface area contributed by atoms with Crippen LogP contribution in [0, 0.1) is 0 Å². The molecule has 2 heterocycles. The van der Waals surface area contributed by atoms with Gasteiger partial charge in [-0.3, -0.25) is 4.90 Å². The van der Waals surface area contributed by atoms with Gasteiger partial charge in [0.1, 0.15) is 6.61 Å². The number of para-hydroxylation sites is 1. The van der Waals surface area contributed by atoms with Crippen LogP contribution in [0.15, 0.2) is 60.7 Å². The Morgan fingerprint density at radius 2 is 1.69 bits per heavy atom. The molecule has 0 spiro atoms. The first-order valence-electron chi connectivity index (χ1n) is 10.9. The van der Waals surface area contributed by atoms with E-state index in [1.54, 1.807) is 7.11 Å². The summed E-state index contributed by atoms with van der Waals surface area (Å²) in [6.45, 7) is 5.68. The molecule has 168 valence electrons. The predicted octanol–water partition coefficient (Wildman–Crippen LogP) is 5.69. The van der Waals surface area contributed by atoms with E-state index < -0.39 is 0 Å². The number of benzene rings is 3. The molecule has 5 rings (SSSR count). The third-order valence-electron chi connectivity index (χ3n) is 6.35. The molecule has 3 aromatic carbocycles. The Hall–Kier alpha value is -2.40. The van der Waals surface area contributed by atoms with E-state index in [4.69, 9.17) is 21.1 Å². The van der Waals surface area contributed by atoms with Crippen LogP contribution in [0.3, 0.4) is 0 Å². The fourth-order valence-electron chi connectivity index (χ4n) is 4.65. The van der Waals surface area contributed by atoms with E-state index in [0.29, 0.717) is 6.61 Å². The Morgan fingerprint density at radius 1 is 0.938 bits per heavy atom. The minimum absolute atomic E-state index is 0. The summed E-state index contributed by atoms with van der Waals surface area (Å²) in [5.41, 5.74) is 6.15.